The van der Waals surface area contributed by atoms with Gasteiger partial charge in [0.2, 0.25) is 0 Å². The second kappa shape index (κ2) is 4.33. The Morgan fingerprint density at radius 2 is 2.18 bits per heavy atom. The molecule has 1 unspecified atom stereocenters. The molecule has 0 aromatic carbocycles. The summed E-state index contributed by atoms with van der Waals surface area (Å²) < 4.78 is 9.83. The molecule has 1 atom stereocenters. The topological polar surface area (TPSA) is 74.4 Å². The molecule has 2 N–H and O–H groups in total. The largest absolute Gasteiger partial charge is 0.495 e. The van der Waals surface area contributed by atoms with Gasteiger partial charge in [0.15, 0.2) is 0 Å². The Hall–Kier alpha value is -1.62. The van der Waals surface area contributed by atoms with Crippen LogP contribution in [0.3, 0.4) is 0 Å². The third-order valence-corrected chi connectivity index (χ3v) is 3.36. The highest BCUT2D eigenvalue weighted by molar-refractivity contribution is 5.78. The van der Waals surface area contributed by atoms with Crippen molar-refractivity contribution < 1.29 is 14.3 Å². The molecule has 1 aliphatic rings. The first-order valence-electron chi connectivity index (χ1n) is 5.47. The number of hydrogen-bond acceptors (Lipinski definition) is 5. The van der Waals surface area contributed by atoms with E-state index in [1.54, 1.807) is 19.5 Å². The molecule has 1 heterocycles. The van der Waals surface area contributed by atoms with E-state index >= 15 is 0 Å². The van der Waals surface area contributed by atoms with Crippen LogP contribution in [0.2, 0.25) is 0 Å². The Balaban J connectivity index is 2.29. The van der Waals surface area contributed by atoms with Gasteiger partial charge in [-0.25, -0.2) is 0 Å². The molecule has 5 heteroatoms. The molecule has 17 heavy (non-hydrogen) atoms. The van der Waals surface area contributed by atoms with Crippen molar-refractivity contribution in [2.75, 3.05) is 14.2 Å². The van der Waals surface area contributed by atoms with Crippen LogP contribution in [0, 0.1) is 0 Å². The van der Waals surface area contributed by atoms with Crippen LogP contribution in [0.25, 0.3) is 0 Å². The standard InChI is InChI=1S/C12H16N2O3/c1-16-9-5-8(6-14-7-9)12(3-4-12)10(13)11(15)17-2/h5-7,10H,3-4,13H2,1-2H3. The van der Waals surface area contributed by atoms with E-state index in [0.29, 0.717) is 5.75 Å². The normalized spacial score (nSPS) is 18.3. The Bertz CT molecular complexity index is 430. The fourth-order valence-electron chi connectivity index (χ4n) is 2.07. The Labute approximate surface area is 99.9 Å². The molecule has 0 aliphatic heterocycles. The number of rotatable bonds is 4. The van der Waals surface area contributed by atoms with Crippen molar-refractivity contribution in [2.45, 2.75) is 24.3 Å². The molecular weight excluding hydrogens is 220 g/mol. The van der Waals surface area contributed by atoms with Crippen molar-refractivity contribution in [3.63, 3.8) is 0 Å². The van der Waals surface area contributed by atoms with Gasteiger partial charge in [-0.05, 0) is 24.5 Å². The molecule has 1 aromatic rings. The molecule has 1 aliphatic carbocycles. The summed E-state index contributed by atoms with van der Waals surface area (Å²) in [5, 5.41) is 0. The van der Waals surface area contributed by atoms with E-state index in [0.717, 1.165) is 18.4 Å². The Morgan fingerprint density at radius 3 is 2.71 bits per heavy atom. The maximum absolute atomic E-state index is 11.5. The molecule has 2 rings (SSSR count). The Morgan fingerprint density at radius 1 is 1.47 bits per heavy atom. The van der Waals surface area contributed by atoms with E-state index in [1.807, 2.05) is 6.07 Å². The maximum Gasteiger partial charge on any atom is 0.323 e. The summed E-state index contributed by atoms with van der Waals surface area (Å²) in [6.45, 7) is 0. The van der Waals surface area contributed by atoms with Crippen molar-refractivity contribution in [3.05, 3.63) is 24.0 Å². The lowest BCUT2D eigenvalue weighted by Gasteiger charge is -2.21. The highest BCUT2D eigenvalue weighted by atomic mass is 16.5. The minimum absolute atomic E-state index is 0.325. The number of nitrogens with zero attached hydrogens (tertiary/aromatic N) is 1. The predicted molar refractivity (Wildman–Crippen MR) is 61.7 cm³/mol. The van der Waals surface area contributed by atoms with Gasteiger partial charge in [0.05, 0.1) is 20.4 Å². The van der Waals surface area contributed by atoms with E-state index in [1.165, 1.54) is 7.11 Å². The van der Waals surface area contributed by atoms with Crippen LogP contribution in [-0.4, -0.2) is 31.2 Å². The number of carbonyl (C=O) groups excluding carboxylic acids is 1. The average molecular weight is 236 g/mol. The Kier molecular flexibility index (Phi) is 3.02. The minimum atomic E-state index is -0.638. The van der Waals surface area contributed by atoms with Crippen LogP contribution < -0.4 is 10.5 Å². The maximum atomic E-state index is 11.5. The van der Waals surface area contributed by atoms with Gasteiger partial charge in [0.1, 0.15) is 11.8 Å². The van der Waals surface area contributed by atoms with E-state index in [2.05, 4.69) is 4.98 Å². The van der Waals surface area contributed by atoms with Crippen LogP contribution in [0.1, 0.15) is 18.4 Å². The zero-order valence-electron chi connectivity index (χ0n) is 9.97. The third-order valence-electron chi connectivity index (χ3n) is 3.36. The average Bonchev–Trinajstić information content (AvgIpc) is 3.18. The molecule has 1 saturated carbocycles. The summed E-state index contributed by atoms with van der Waals surface area (Å²) in [6.07, 6.45) is 5.11. The van der Waals surface area contributed by atoms with E-state index < -0.39 is 6.04 Å². The van der Waals surface area contributed by atoms with Crippen molar-refractivity contribution in [2.24, 2.45) is 5.73 Å². The first-order valence-corrected chi connectivity index (χ1v) is 5.47. The molecule has 0 spiro atoms. The lowest BCUT2D eigenvalue weighted by molar-refractivity contribution is -0.143. The summed E-state index contributed by atoms with van der Waals surface area (Å²) in [5.41, 5.74) is 6.56. The monoisotopic (exact) mass is 236 g/mol. The molecular formula is C12H16N2O3. The van der Waals surface area contributed by atoms with Gasteiger partial charge in [-0.1, -0.05) is 0 Å². The number of ether oxygens (including phenoxy) is 2. The summed E-state index contributed by atoms with van der Waals surface area (Å²) >= 11 is 0. The van der Waals surface area contributed by atoms with Crippen molar-refractivity contribution in [1.29, 1.82) is 0 Å². The fraction of sp³-hybridized carbons (Fsp3) is 0.500. The first-order chi connectivity index (χ1) is 8.14. The fourth-order valence-corrected chi connectivity index (χ4v) is 2.07. The lowest BCUT2D eigenvalue weighted by Crippen LogP contribution is -2.42. The smallest absolute Gasteiger partial charge is 0.323 e. The predicted octanol–water partition coefficient (Wildman–Crippen LogP) is 0.622. The van der Waals surface area contributed by atoms with Crippen molar-refractivity contribution in [1.82, 2.24) is 4.98 Å². The third kappa shape index (κ3) is 1.98. The molecule has 1 aromatic heterocycles. The van der Waals surface area contributed by atoms with Crippen LogP contribution in [-0.2, 0) is 14.9 Å². The molecule has 5 nitrogen and oxygen atoms in total. The van der Waals surface area contributed by atoms with Gasteiger partial charge in [-0.3, -0.25) is 9.78 Å². The van der Waals surface area contributed by atoms with E-state index in [4.69, 9.17) is 15.2 Å². The van der Waals surface area contributed by atoms with Gasteiger partial charge >= 0.3 is 5.97 Å². The number of carbonyl (C=O) groups is 1. The minimum Gasteiger partial charge on any atom is -0.495 e. The number of methoxy groups -OCH3 is 2. The summed E-state index contributed by atoms with van der Waals surface area (Å²) in [6, 6.07) is 1.24. The lowest BCUT2D eigenvalue weighted by atomic mass is 9.89. The second-order valence-electron chi connectivity index (χ2n) is 4.27. The molecule has 0 amide bonds. The highest BCUT2D eigenvalue weighted by Gasteiger charge is 2.53. The number of pyridine rings is 1. The van der Waals surface area contributed by atoms with E-state index in [9.17, 15) is 4.79 Å². The van der Waals surface area contributed by atoms with Crippen LogP contribution in [0.4, 0.5) is 0 Å². The van der Waals surface area contributed by atoms with Crippen LogP contribution in [0.5, 0.6) is 5.75 Å². The van der Waals surface area contributed by atoms with Crippen LogP contribution in [0.15, 0.2) is 18.5 Å². The van der Waals surface area contributed by atoms with Gasteiger partial charge in [-0.2, -0.15) is 0 Å². The van der Waals surface area contributed by atoms with Gasteiger partial charge in [-0.15, -0.1) is 0 Å². The zero-order valence-corrected chi connectivity index (χ0v) is 9.97. The first kappa shape index (κ1) is 11.9. The summed E-state index contributed by atoms with van der Waals surface area (Å²) in [5.74, 6) is 0.288. The number of hydrogen-bond donors (Lipinski definition) is 1. The van der Waals surface area contributed by atoms with Crippen molar-refractivity contribution in [3.8, 4) is 5.75 Å². The van der Waals surface area contributed by atoms with Gasteiger partial charge < -0.3 is 15.2 Å². The van der Waals surface area contributed by atoms with Crippen molar-refractivity contribution >= 4 is 5.97 Å². The quantitative estimate of drug-likeness (QED) is 0.776. The zero-order chi connectivity index (χ0) is 12.5. The molecule has 92 valence electrons. The molecule has 1 fully saturated rings. The van der Waals surface area contributed by atoms with E-state index in [-0.39, 0.29) is 11.4 Å². The number of aromatic nitrogens is 1. The molecule has 0 bridgehead atoms. The highest BCUT2D eigenvalue weighted by Crippen LogP contribution is 2.50. The second-order valence-corrected chi connectivity index (χ2v) is 4.27. The van der Waals surface area contributed by atoms with Gasteiger partial charge in [0, 0.05) is 11.6 Å². The molecule has 0 radical (unpaired) electrons. The SMILES string of the molecule is COC(=O)C(N)C1(c2cncc(OC)c2)CC1. The molecule has 0 saturated heterocycles. The summed E-state index contributed by atoms with van der Waals surface area (Å²) in [4.78, 5) is 15.6. The number of nitrogens with two attached hydrogens (primary N) is 1. The number of esters is 1. The van der Waals surface area contributed by atoms with Crippen LogP contribution >= 0.6 is 0 Å². The summed E-state index contributed by atoms with van der Waals surface area (Å²) in [7, 11) is 2.93. The van der Waals surface area contributed by atoms with Gasteiger partial charge in [0.25, 0.3) is 0 Å².